The first-order valence-corrected chi connectivity index (χ1v) is 25.7. The topological polar surface area (TPSA) is 0 Å². The Bertz CT molecular complexity index is 5880. The van der Waals surface area contributed by atoms with E-state index in [1.165, 1.54) is 226 Å². The second kappa shape index (κ2) is 10.5. The first-order valence-electron chi connectivity index (χ1n) is 25.7. The summed E-state index contributed by atoms with van der Waals surface area (Å²) in [6.07, 6.45) is 0. The van der Waals surface area contributed by atoms with E-state index in [0.717, 1.165) is 0 Å². The van der Waals surface area contributed by atoms with Crippen molar-refractivity contribution in [2.45, 2.75) is 0 Å². The number of rotatable bonds is 0. The molecule has 0 atom stereocenters. The maximum absolute atomic E-state index is 2.49. The summed E-state index contributed by atoms with van der Waals surface area (Å²) in [6, 6.07) is 71.7. The monoisotopic (exact) mass is 894 g/mol. The smallest absolute Gasteiger partial charge is 0.0000468 e. The van der Waals surface area contributed by atoms with Gasteiger partial charge in [-0.1, -0.05) is 182 Å². The molecule has 72 heavy (non-hydrogen) atoms. The molecule has 0 unspecified atom stereocenters. The minimum Gasteiger partial charge on any atom is -0.0616 e. The van der Waals surface area contributed by atoms with Crippen LogP contribution in [0, 0.1) is 0 Å². The normalized spacial score (nSPS) is 13.8. The molecule has 22 aromatic rings. The van der Waals surface area contributed by atoms with Crippen LogP contribution in [0.1, 0.15) is 0 Å². The van der Waals surface area contributed by atoms with Gasteiger partial charge in [0.2, 0.25) is 0 Å². The van der Waals surface area contributed by atoms with Gasteiger partial charge in [-0.15, -0.1) is 0 Å². The molecule has 0 heterocycles. The molecule has 0 bridgehead atoms. The molecule has 0 aliphatic rings. The highest BCUT2D eigenvalue weighted by Crippen LogP contribution is 2.64. The molecule has 0 radical (unpaired) electrons. The zero-order valence-electron chi connectivity index (χ0n) is 38.3. The van der Waals surface area contributed by atoms with E-state index in [9.17, 15) is 0 Å². The molecule has 0 nitrogen and oxygen atoms in total. The van der Waals surface area contributed by atoms with Crippen molar-refractivity contribution in [3.63, 3.8) is 0 Å². The highest BCUT2D eigenvalue weighted by molar-refractivity contribution is 6.65. The number of benzene rings is 22. The second-order valence-electron chi connectivity index (χ2n) is 21.8. The summed E-state index contributed by atoms with van der Waals surface area (Å²) >= 11 is 0. The molecule has 0 saturated heterocycles. The minimum atomic E-state index is 1.31. The van der Waals surface area contributed by atoms with Gasteiger partial charge >= 0.3 is 0 Å². The minimum absolute atomic E-state index is 1.31. The molecular weight excluding hydrogens is 865 g/mol. The SMILES string of the molecule is c1ccc2c(c1)c1ccc3cccc4c3c1c1c2c2cccc3c2c2c1c4c1cccc4c1c2c1c3c2cccc3c5c6cccc7ccc8c9ccccc9c9c%10cccc%11c%10c(c5c9c8c76)c(c32)c1c%114. The van der Waals surface area contributed by atoms with E-state index in [0.29, 0.717) is 0 Å². The van der Waals surface area contributed by atoms with Crippen LogP contribution in [-0.2, 0) is 0 Å². The highest BCUT2D eigenvalue weighted by atomic mass is 14.4. The average molecular weight is 895 g/mol. The lowest BCUT2D eigenvalue weighted by atomic mass is 9.71. The van der Waals surface area contributed by atoms with E-state index >= 15 is 0 Å². The van der Waals surface area contributed by atoms with Gasteiger partial charge in [0.15, 0.2) is 0 Å². The van der Waals surface area contributed by atoms with Gasteiger partial charge in [0, 0.05) is 0 Å². The lowest BCUT2D eigenvalue weighted by Gasteiger charge is -2.31. The van der Waals surface area contributed by atoms with E-state index in [4.69, 9.17) is 0 Å². The Labute approximate surface area is 406 Å². The van der Waals surface area contributed by atoms with Gasteiger partial charge in [-0.25, -0.2) is 0 Å². The molecule has 0 amide bonds. The first kappa shape index (κ1) is 34.0. The van der Waals surface area contributed by atoms with Crippen molar-refractivity contribution in [3.8, 4) is 0 Å². The third-order valence-electron chi connectivity index (χ3n) is 19.3. The molecule has 0 saturated carbocycles. The number of fused-ring (bicyclic) bond motifs is 16. The Balaban J connectivity index is 1.17. The maximum Gasteiger partial charge on any atom is -0.0000468 e. The van der Waals surface area contributed by atoms with Crippen molar-refractivity contribution in [2.24, 2.45) is 0 Å². The van der Waals surface area contributed by atoms with Crippen LogP contribution in [0.25, 0.3) is 226 Å². The van der Waals surface area contributed by atoms with E-state index in [2.05, 4.69) is 182 Å². The molecule has 0 aliphatic carbocycles. The summed E-state index contributed by atoms with van der Waals surface area (Å²) < 4.78 is 0. The number of hydrogen-bond donors (Lipinski definition) is 0. The van der Waals surface area contributed by atoms with Crippen LogP contribution < -0.4 is 0 Å². The Morgan fingerprint density at radius 3 is 0.583 bits per heavy atom. The zero-order chi connectivity index (χ0) is 45.5. The summed E-state index contributed by atoms with van der Waals surface area (Å²) in [4.78, 5) is 0. The summed E-state index contributed by atoms with van der Waals surface area (Å²) in [7, 11) is 0. The Hall–Kier alpha value is -9.36. The van der Waals surface area contributed by atoms with Crippen LogP contribution >= 0.6 is 0 Å². The van der Waals surface area contributed by atoms with Crippen LogP contribution in [0.2, 0.25) is 0 Å². The van der Waals surface area contributed by atoms with Crippen molar-refractivity contribution >= 4 is 226 Å². The summed E-state index contributed by atoms with van der Waals surface area (Å²) in [5, 5.41) is 58.3. The van der Waals surface area contributed by atoms with Crippen LogP contribution in [0.3, 0.4) is 0 Å². The van der Waals surface area contributed by atoms with Gasteiger partial charge in [-0.2, -0.15) is 0 Å². The fourth-order valence-electron chi connectivity index (χ4n) is 17.2. The molecular formula is C72H30. The largest absolute Gasteiger partial charge is 0.0616 e. The van der Waals surface area contributed by atoms with Crippen molar-refractivity contribution in [1.29, 1.82) is 0 Å². The Morgan fingerprint density at radius 2 is 0.292 bits per heavy atom. The van der Waals surface area contributed by atoms with Crippen molar-refractivity contribution in [3.05, 3.63) is 182 Å². The van der Waals surface area contributed by atoms with Crippen LogP contribution in [0.5, 0.6) is 0 Å². The molecule has 0 spiro atoms. The third kappa shape index (κ3) is 3.13. The zero-order valence-corrected chi connectivity index (χ0v) is 38.3. The van der Waals surface area contributed by atoms with Gasteiger partial charge in [0.05, 0.1) is 0 Å². The van der Waals surface area contributed by atoms with Gasteiger partial charge in [-0.3, -0.25) is 0 Å². The molecule has 318 valence electrons. The van der Waals surface area contributed by atoms with Gasteiger partial charge in [0.1, 0.15) is 0 Å². The molecule has 22 aromatic carbocycles. The Kier molecular flexibility index (Phi) is 4.98. The molecule has 0 heteroatoms. The molecule has 0 fully saturated rings. The molecule has 0 aliphatic heterocycles. The van der Waals surface area contributed by atoms with E-state index < -0.39 is 0 Å². The third-order valence-corrected chi connectivity index (χ3v) is 19.3. The highest BCUT2D eigenvalue weighted by Gasteiger charge is 2.35. The maximum atomic E-state index is 2.49. The summed E-state index contributed by atoms with van der Waals surface area (Å²) in [5.41, 5.74) is 0. The van der Waals surface area contributed by atoms with Crippen LogP contribution in [0.4, 0.5) is 0 Å². The standard InChI is InChI=1S/C72H30/c1-3-15-35-33(13-1)37-29-27-31-11-5-17-39-49(31)61(37)63-51(35)41-19-7-23-45-55(41)67-65(63)53(39)43-21-9-26-48-57(43)69(67)71-59(45)47-25-10-22-44-54-40-18-6-12-32-28-30-38-34-14-2-4-16-36(34)52-42-20-8-24-46-56(42)68(66(54)64(52)62(38)50(32)40)70(58(44)47)72(71)60(46)48/h1-30H. The van der Waals surface area contributed by atoms with Crippen molar-refractivity contribution < 1.29 is 0 Å². The van der Waals surface area contributed by atoms with Crippen molar-refractivity contribution in [1.82, 2.24) is 0 Å². The lowest BCUT2D eigenvalue weighted by molar-refractivity contribution is 1.81. The Morgan fingerprint density at radius 1 is 0.0972 bits per heavy atom. The number of hydrogen-bond acceptors (Lipinski definition) is 0. The molecule has 0 N–H and O–H groups in total. The predicted molar refractivity (Wildman–Crippen MR) is 315 cm³/mol. The van der Waals surface area contributed by atoms with Gasteiger partial charge in [-0.05, 0) is 226 Å². The second-order valence-corrected chi connectivity index (χ2v) is 21.8. The van der Waals surface area contributed by atoms with E-state index in [1.807, 2.05) is 0 Å². The first-order chi connectivity index (χ1) is 35.8. The molecule has 0 aromatic heterocycles. The van der Waals surface area contributed by atoms with Gasteiger partial charge < -0.3 is 0 Å². The van der Waals surface area contributed by atoms with Crippen molar-refractivity contribution in [2.75, 3.05) is 0 Å². The predicted octanol–water partition coefficient (Wildman–Crippen LogP) is 20.8. The fraction of sp³-hybridized carbons (Fsp3) is 0. The fourth-order valence-corrected chi connectivity index (χ4v) is 17.2. The quantitative estimate of drug-likeness (QED) is 0.105. The summed E-state index contributed by atoms with van der Waals surface area (Å²) in [5.74, 6) is 0. The van der Waals surface area contributed by atoms with Crippen LogP contribution in [-0.4, -0.2) is 0 Å². The van der Waals surface area contributed by atoms with Crippen LogP contribution in [0.15, 0.2) is 182 Å². The van der Waals surface area contributed by atoms with E-state index in [1.54, 1.807) is 0 Å². The average Bonchev–Trinajstić information content (AvgIpc) is 3.54. The summed E-state index contributed by atoms with van der Waals surface area (Å²) in [6.45, 7) is 0. The molecule has 22 rings (SSSR count). The van der Waals surface area contributed by atoms with Gasteiger partial charge in [0.25, 0.3) is 0 Å². The van der Waals surface area contributed by atoms with E-state index in [-0.39, 0.29) is 0 Å². The lowest BCUT2D eigenvalue weighted by Crippen LogP contribution is -2.01.